The van der Waals surface area contributed by atoms with Crippen LogP contribution in [0.1, 0.15) is 24.2 Å². The molecule has 0 aromatic heterocycles. The first-order valence-corrected chi connectivity index (χ1v) is 7.44. The number of Topliss-reactive ketones (excluding diaryl/α,β-unsaturated/α-hetero) is 1. The summed E-state index contributed by atoms with van der Waals surface area (Å²) < 4.78 is 5.53. The normalized spacial score (nSPS) is 17.1. The van der Waals surface area contributed by atoms with E-state index in [0.717, 1.165) is 32.7 Å². The number of likely N-dealkylation sites (N-methyl/N-ethyl adjacent to an activating group) is 1. The Morgan fingerprint density at radius 3 is 2.40 bits per heavy atom. The third kappa shape index (κ3) is 3.81. The molecular formula is C16H24N2O2. The molecule has 1 aliphatic heterocycles. The van der Waals surface area contributed by atoms with Crippen LogP contribution in [-0.2, 0) is 0 Å². The molecule has 0 atom stereocenters. The molecule has 20 heavy (non-hydrogen) atoms. The Labute approximate surface area is 121 Å². The summed E-state index contributed by atoms with van der Waals surface area (Å²) in [5, 5.41) is 0. The van der Waals surface area contributed by atoms with Crippen LogP contribution >= 0.6 is 0 Å². The number of nitrogens with zero attached hydrogens (tertiary/aromatic N) is 2. The molecule has 110 valence electrons. The second kappa shape index (κ2) is 7.41. The van der Waals surface area contributed by atoms with Gasteiger partial charge in [-0.15, -0.1) is 0 Å². The first-order valence-electron chi connectivity index (χ1n) is 7.44. The van der Waals surface area contributed by atoms with E-state index in [1.54, 1.807) is 0 Å². The molecule has 0 radical (unpaired) electrons. The molecule has 0 bridgehead atoms. The number of rotatable bonds is 6. The zero-order chi connectivity index (χ0) is 14.4. The third-order valence-electron chi connectivity index (χ3n) is 3.77. The zero-order valence-corrected chi connectivity index (χ0v) is 12.5. The molecule has 1 heterocycles. The summed E-state index contributed by atoms with van der Waals surface area (Å²) in [6.45, 7) is 10.3. The molecule has 2 rings (SSSR count). The van der Waals surface area contributed by atoms with Gasteiger partial charge in [0, 0.05) is 26.2 Å². The quantitative estimate of drug-likeness (QED) is 0.743. The van der Waals surface area contributed by atoms with Gasteiger partial charge in [-0.2, -0.15) is 0 Å². The predicted octanol–water partition coefficient (Wildman–Crippen LogP) is 1.91. The van der Waals surface area contributed by atoms with Crippen LogP contribution in [0.15, 0.2) is 24.3 Å². The Morgan fingerprint density at radius 1 is 1.10 bits per heavy atom. The fraction of sp³-hybridized carbons (Fsp3) is 0.562. The van der Waals surface area contributed by atoms with Gasteiger partial charge in [-0.25, -0.2) is 0 Å². The molecule has 1 aliphatic rings. The summed E-state index contributed by atoms with van der Waals surface area (Å²) in [6.07, 6.45) is 0. The van der Waals surface area contributed by atoms with Crippen molar-refractivity contribution in [2.45, 2.75) is 13.8 Å². The number of carbonyl (C=O) groups is 1. The number of benzene rings is 1. The number of piperazine rings is 1. The molecule has 0 N–H and O–H groups in total. The summed E-state index contributed by atoms with van der Waals surface area (Å²) in [5.74, 6) is 0.853. The summed E-state index contributed by atoms with van der Waals surface area (Å²) >= 11 is 0. The highest BCUT2D eigenvalue weighted by molar-refractivity contribution is 6.00. The van der Waals surface area contributed by atoms with Gasteiger partial charge in [-0.3, -0.25) is 9.69 Å². The summed E-state index contributed by atoms with van der Waals surface area (Å²) in [7, 11) is 0. The number of ether oxygens (including phenoxy) is 1. The molecule has 1 saturated heterocycles. The van der Waals surface area contributed by atoms with Crippen molar-refractivity contribution in [3.8, 4) is 5.75 Å². The highest BCUT2D eigenvalue weighted by Gasteiger charge is 2.20. The maximum Gasteiger partial charge on any atom is 0.180 e. The molecule has 0 saturated carbocycles. The second-order valence-corrected chi connectivity index (χ2v) is 5.06. The Bertz CT molecular complexity index is 440. The van der Waals surface area contributed by atoms with Gasteiger partial charge in [0.05, 0.1) is 18.7 Å². The molecule has 1 aromatic rings. The van der Waals surface area contributed by atoms with Crippen molar-refractivity contribution in [2.75, 3.05) is 45.9 Å². The number of hydrogen-bond donors (Lipinski definition) is 0. The molecule has 0 unspecified atom stereocenters. The second-order valence-electron chi connectivity index (χ2n) is 5.06. The van der Waals surface area contributed by atoms with E-state index in [2.05, 4.69) is 16.7 Å². The smallest absolute Gasteiger partial charge is 0.180 e. The number of para-hydroxylation sites is 1. The minimum atomic E-state index is 0.152. The van der Waals surface area contributed by atoms with Gasteiger partial charge in [0.2, 0.25) is 0 Å². The van der Waals surface area contributed by atoms with Gasteiger partial charge in [0.15, 0.2) is 5.78 Å². The molecule has 1 fully saturated rings. The molecule has 4 heteroatoms. The van der Waals surface area contributed by atoms with Crippen molar-refractivity contribution in [3.05, 3.63) is 29.8 Å². The van der Waals surface area contributed by atoms with Crippen LogP contribution in [0.4, 0.5) is 0 Å². The molecule has 0 aliphatic carbocycles. The summed E-state index contributed by atoms with van der Waals surface area (Å²) in [6, 6.07) is 7.52. The van der Waals surface area contributed by atoms with Crippen LogP contribution in [0.2, 0.25) is 0 Å². The fourth-order valence-corrected chi connectivity index (χ4v) is 2.53. The third-order valence-corrected chi connectivity index (χ3v) is 3.77. The lowest BCUT2D eigenvalue weighted by Gasteiger charge is -2.33. The minimum Gasteiger partial charge on any atom is -0.493 e. The van der Waals surface area contributed by atoms with Crippen LogP contribution < -0.4 is 4.74 Å². The van der Waals surface area contributed by atoms with Gasteiger partial charge in [-0.1, -0.05) is 19.1 Å². The number of hydrogen-bond acceptors (Lipinski definition) is 4. The van der Waals surface area contributed by atoms with E-state index >= 15 is 0 Å². The van der Waals surface area contributed by atoms with Gasteiger partial charge >= 0.3 is 0 Å². The molecule has 0 spiro atoms. The van der Waals surface area contributed by atoms with Gasteiger partial charge < -0.3 is 9.64 Å². The first-order chi connectivity index (χ1) is 9.74. The van der Waals surface area contributed by atoms with E-state index in [1.165, 1.54) is 0 Å². The van der Waals surface area contributed by atoms with E-state index in [9.17, 15) is 4.79 Å². The van der Waals surface area contributed by atoms with Crippen LogP contribution in [0.25, 0.3) is 0 Å². The first kappa shape index (κ1) is 15.0. The Hall–Kier alpha value is -1.39. The van der Waals surface area contributed by atoms with Crippen LogP contribution in [-0.4, -0.2) is 61.5 Å². The van der Waals surface area contributed by atoms with E-state index in [4.69, 9.17) is 4.74 Å². The van der Waals surface area contributed by atoms with E-state index < -0.39 is 0 Å². The van der Waals surface area contributed by atoms with Crippen molar-refractivity contribution in [1.29, 1.82) is 0 Å². The monoisotopic (exact) mass is 276 g/mol. The standard InChI is InChI=1S/C16H24N2O2/c1-3-17-9-11-18(12-10-17)13-15(19)14-7-5-6-8-16(14)20-4-2/h5-8H,3-4,9-13H2,1-2H3. The Kier molecular flexibility index (Phi) is 5.56. The average Bonchev–Trinajstić information content (AvgIpc) is 2.49. The maximum atomic E-state index is 12.4. The predicted molar refractivity (Wildman–Crippen MR) is 80.5 cm³/mol. The Balaban J connectivity index is 1.95. The van der Waals surface area contributed by atoms with Crippen molar-refractivity contribution in [3.63, 3.8) is 0 Å². The average molecular weight is 276 g/mol. The lowest BCUT2D eigenvalue weighted by Crippen LogP contribution is -2.47. The van der Waals surface area contributed by atoms with Crippen LogP contribution in [0.3, 0.4) is 0 Å². The van der Waals surface area contributed by atoms with Crippen LogP contribution in [0.5, 0.6) is 5.75 Å². The van der Waals surface area contributed by atoms with Crippen molar-refractivity contribution in [1.82, 2.24) is 9.80 Å². The topological polar surface area (TPSA) is 32.8 Å². The lowest BCUT2D eigenvalue weighted by molar-refractivity contribution is 0.0855. The number of ketones is 1. The molecule has 0 amide bonds. The highest BCUT2D eigenvalue weighted by Crippen LogP contribution is 2.19. The van der Waals surface area contributed by atoms with Gasteiger partial charge in [0.1, 0.15) is 5.75 Å². The molecule has 4 nitrogen and oxygen atoms in total. The largest absolute Gasteiger partial charge is 0.493 e. The number of carbonyl (C=O) groups excluding carboxylic acids is 1. The highest BCUT2D eigenvalue weighted by atomic mass is 16.5. The van der Waals surface area contributed by atoms with Crippen molar-refractivity contribution in [2.24, 2.45) is 0 Å². The van der Waals surface area contributed by atoms with E-state index in [1.807, 2.05) is 31.2 Å². The summed E-state index contributed by atoms with van der Waals surface area (Å²) in [5.41, 5.74) is 0.701. The van der Waals surface area contributed by atoms with Crippen molar-refractivity contribution >= 4 is 5.78 Å². The fourth-order valence-electron chi connectivity index (χ4n) is 2.53. The molecule has 1 aromatic carbocycles. The zero-order valence-electron chi connectivity index (χ0n) is 12.5. The van der Waals surface area contributed by atoms with E-state index in [-0.39, 0.29) is 5.78 Å². The lowest BCUT2D eigenvalue weighted by atomic mass is 10.1. The van der Waals surface area contributed by atoms with Gasteiger partial charge in [0.25, 0.3) is 0 Å². The maximum absolute atomic E-state index is 12.4. The van der Waals surface area contributed by atoms with Crippen molar-refractivity contribution < 1.29 is 9.53 Å². The summed E-state index contributed by atoms with van der Waals surface area (Å²) in [4.78, 5) is 17.1. The SMILES string of the molecule is CCOc1ccccc1C(=O)CN1CCN(CC)CC1. The molecular weight excluding hydrogens is 252 g/mol. The minimum absolute atomic E-state index is 0.152. The van der Waals surface area contributed by atoms with Crippen LogP contribution in [0, 0.1) is 0 Å². The van der Waals surface area contributed by atoms with E-state index in [0.29, 0.717) is 24.5 Å². The van der Waals surface area contributed by atoms with Gasteiger partial charge in [-0.05, 0) is 25.6 Å². The Morgan fingerprint density at radius 2 is 1.75 bits per heavy atom.